The van der Waals surface area contributed by atoms with E-state index in [1.54, 1.807) is 0 Å². The zero-order chi connectivity index (χ0) is 12.4. The van der Waals surface area contributed by atoms with Crippen LogP contribution in [0, 0.1) is 0 Å². The third-order valence-electron chi connectivity index (χ3n) is 1.61. The predicted molar refractivity (Wildman–Crippen MR) is 47.3 cm³/mol. The first-order valence-corrected chi connectivity index (χ1v) is 3.88. The molecule has 0 rings (SSSR count). The summed E-state index contributed by atoms with van der Waals surface area (Å²) >= 11 is 0. The number of likely N-dealkylation sites (N-methyl/N-ethyl adjacent to an activating group) is 1. The summed E-state index contributed by atoms with van der Waals surface area (Å²) in [6, 6.07) is 0. The van der Waals surface area contributed by atoms with Crippen molar-refractivity contribution in [2.45, 2.75) is 6.17 Å². The third kappa shape index (κ3) is 3.09. The molecule has 0 aromatic rings. The highest BCUT2D eigenvalue weighted by atomic mass is 16.4. The van der Waals surface area contributed by atoms with E-state index < -0.39 is 24.3 Å². The number of hydrogen-bond donors (Lipinski definition) is 3. The van der Waals surface area contributed by atoms with Gasteiger partial charge in [-0.25, -0.2) is 14.4 Å². The smallest absolute Gasteiger partial charge is 0.422 e. The Kier molecular flexibility index (Phi) is 3.63. The van der Waals surface area contributed by atoms with Crippen molar-refractivity contribution in [3.8, 4) is 0 Å². The Hall–Kier alpha value is -1.83. The number of carboxylic acid groups (broad SMARTS) is 3. The van der Waals surface area contributed by atoms with E-state index in [4.69, 9.17) is 15.3 Å². The van der Waals surface area contributed by atoms with Crippen LogP contribution in [0.3, 0.4) is 0 Å². The van der Waals surface area contributed by atoms with Gasteiger partial charge in [-0.2, -0.15) is 0 Å². The Balaban J connectivity index is 5.31. The van der Waals surface area contributed by atoms with E-state index in [1.807, 2.05) is 0 Å². The maximum absolute atomic E-state index is 10.8. The Bertz CT molecular complexity index is 280. The van der Waals surface area contributed by atoms with Crippen LogP contribution in [0.15, 0.2) is 0 Å². The van der Waals surface area contributed by atoms with Crippen LogP contribution in [0.4, 0.5) is 9.59 Å². The van der Waals surface area contributed by atoms with Gasteiger partial charge in [-0.3, -0.25) is 0 Å². The van der Waals surface area contributed by atoms with Gasteiger partial charge < -0.3 is 19.8 Å². The molecule has 86 valence electrons. The number of amides is 2. The molecule has 0 radical (unpaired) electrons. The molecule has 1 unspecified atom stereocenters. The number of imide groups is 1. The number of carbonyl (C=O) groups is 3. The van der Waals surface area contributed by atoms with Gasteiger partial charge in [0, 0.05) is 0 Å². The molecule has 0 saturated heterocycles. The van der Waals surface area contributed by atoms with Crippen molar-refractivity contribution in [1.82, 2.24) is 4.90 Å². The van der Waals surface area contributed by atoms with Gasteiger partial charge in [0.1, 0.15) is 0 Å². The fourth-order valence-electron chi connectivity index (χ4n) is 1.08. The van der Waals surface area contributed by atoms with Gasteiger partial charge in [-0.1, -0.05) is 0 Å². The first-order valence-electron chi connectivity index (χ1n) is 3.88. The van der Waals surface area contributed by atoms with Crippen LogP contribution >= 0.6 is 0 Å². The zero-order valence-corrected chi connectivity index (χ0v) is 8.54. The van der Waals surface area contributed by atoms with Crippen molar-refractivity contribution in [1.29, 1.82) is 0 Å². The van der Waals surface area contributed by atoms with Crippen molar-refractivity contribution in [3.63, 3.8) is 0 Å². The van der Waals surface area contributed by atoms with Gasteiger partial charge >= 0.3 is 18.2 Å². The van der Waals surface area contributed by atoms with E-state index >= 15 is 0 Å². The lowest BCUT2D eigenvalue weighted by molar-refractivity contribution is -0.896. The molecular weight excluding hydrogens is 208 g/mol. The molecule has 8 nitrogen and oxygen atoms in total. The van der Waals surface area contributed by atoms with Crippen LogP contribution in [0.1, 0.15) is 0 Å². The number of nitrogens with zero attached hydrogens (tertiary/aromatic N) is 2. The summed E-state index contributed by atoms with van der Waals surface area (Å²) in [6.45, 7) is 0. The highest BCUT2D eigenvalue weighted by Crippen LogP contribution is 2.10. The summed E-state index contributed by atoms with van der Waals surface area (Å²) in [5.41, 5.74) is 0. The standard InChI is InChI=1S/C7H12N2O6/c1-9(2,3)4(5(10)11)8(6(12)13)7(14)15/h4H,1-3H3,(H2-,10,11,12,13,14,15)/p+1. The normalized spacial score (nSPS) is 13.0. The van der Waals surface area contributed by atoms with E-state index in [-0.39, 0.29) is 9.38 Å². The van der Waals surface area contributed by atoms with Crippen molar-refractivity contribution in [2.24, 2.45) is 0 Å². The number of aliphatic carboxylic acids is 1. The third-order valence-corrected chi connectivity index (χ3v) is 1.61. The second-order valence-electron chi connectivity index (χ2n) is 3.76. The molecule has 0 fully saturated rings. The van der Waals surface area contributed by atoms with Crippen LogP contribution in [0.25, 0.3) is 0 Å². The van der Waals surface area contributed by atoms with Crippen molar-refractivity contribution in [2.75, 3.05) is 21.1 Å². The van der Waals surface area contributed by atoms with E-state index in [0.29, 0.717) is 0 Å². The highest BCUT2D eigenvalue weighted by Gasteiger charge is 2.44. The minimum absolute atomic E-state index is 0.137. The average molecular weight is 221 g/mol. The lowest BCUT2D eigenvalue weighted by Crippen LogP contribution is -2.62. The molecule has 0 bridgehead atoms. The summed E-state index contributed by atoms with van der Waals surface area (Å²) in [4.78, 5) is 31.9. The van der Waals surface area contributed by atoms with Crippen LogP contribution < -0.4 is 0 Å². The first kappa shape index (κ1) is 13.2. The lowest BCUT2D eigenvalue weighted by Gasteiger charge is -2.34. The molecule has 0 aromatic heterocycles. The Morgan fingerprint density at radius 2 is 1.33 bits per heavy atom. The van der Waals surface area contributed by atoms with Crippen LogP contribution in [0.5, 0.6) is 0 Å². The summed E-state index contributed by atoms with van der Waals surface area (Å²) in [5.74, 6) is -1.52. The van der Waals surface area contributed by atoms with Crippen LogP contribution in [0.2, 0.25) is 0 Å². The van der Waals surface area contributed by atoms with Crippen molar-refractivity contribution < 1.29 is 34.2 Å². The number of quaternary nitrogens is 1. The van der Waals surface area contributed by atoms with Gasteiger partial charge in [-0.15, -0.1) is 4.90 Å². The van der Waals surface area contributed by atoms with E-state index in [1.165, 1.54) is 21.1 Å². The Morgan fingerprint density at radius 1 is 1.00 bits per heavy atom. The van der Waals surface area contributed by atoms with Crippen molar-refractivity contribution in [3.05, 3.63) is 0 Å². The van der Waals surface area contributed by atoms with E-state index in [2.05, 4.69) is 0 Å². The lowest BCUT2D eigenvalue weighted by atomic mass is 10.3. The second-order valence-corrected chi connectivity index (χ2v) is 3.76. The SMILES string of the molecule is C[N+](C)(C)C(C(=O)O)N(C(=O)O)C(=O)O. The van der Waals surface area contributed by atoms with Crippen LogP contribution in [-0.2, 0) is 4.79 Å². The van der Waals surface area contributed by atoms with Gasteiger partial charge in [0.15, 0.2) is 0 Å². The van der Waals surface area contributed by atoms with Gasteiger partial charge in [0.25, 0.3) is 6.17 Å². The summed E-state index contributed by atoms with van der Waals surface area (Å²) < 4.78 is -0.353. The Labute approximate surface area is 85.5 Å². The molecule has 1 atom stereocenters. The predicted octanol–water partition coefficient (Wildman–Crippen LogP) is -0.239. The fraction of sp³-hybridized carbons (Fsp3) is 0.571. The summed E-state index contributed by atoms with van der Waals surface area (Å²) in [6.07, 6.45) is -5.33. The molecule has 0 saturated carbocycles. The average Bonchev–Trinajstić information content (AvgIpc) is 1.94. The van der Waals surface area contributed by atoms with Gasteiger partial charge in [0.2, 0.25) is 0 Å². The maximum Gasteiger partial charge on any atom is 0.422 e. The van der Waals surface area contributed by atoms with E-state index in [9.17, 15) is 14.4 Å². The molecule has 3 N–H and O–H groups in total. The molecule has 0 aromatic carbocycles. The zero-order valence-electron chi connectivity index (χ0n) is 8.54. The summed E-state index contributed by atoms with van der Waals surface area (Å²) in [5, 5.41) is 26.0. The number of hydrogen-bond acceptors (Lipinski definition) is 3. The Morgan fingerprint density at radius 3 is 1.40 bits per heavy atom. The topological polar surface area (TPSA) is 115 Å². The van der Waals surface area contributed by atoms with E-state index in [0.717, 1.165) is 0 Å². The quantitative estimate of drug-likeness (QED) is 0.447. The molecule has 0 aliphatic rings. The molecule has 0 aliphatic heterocycles. The second kappa shape index (κ2) is 4.13. The van der Waals surface area contributed by atoms with Gasteiger partial charge in [-0.05, 0) is 0 Å². The molecule has 0 heterocycles. The molecule has 0 spiro atoms. The number of carboxylic acids is 1. The number of rotatable bonds is 3. The molecule has 2 amide bonds. The molecule has 0 aliphatic carbocycles. The molecule has 8 heteroatoms. The van der Waals surface area contributed by atoms with Crippen molar-refractivity contribution >= 4 is 18.2 Å². The largest absolute Gasteiger partial charge is 0.475 e. The summed E-state index contributed by atoms with van der Waals surface area (Å²) in [7, 11) is 4.16. The monoisotopic (exact) mass is 221 g/mol. The maximum atomic E-state index is 10.8. The minimum Gasteiger partial charge on any atom is -0.475 e. The molecule has 15 heavy (non-hydrogen) atoms. The minimum atomic E-state index is -1.82. The van der Waals surface area contributed by atoms with Gasteiger partial charge in [0.05, 0.1) is 21.1 Å². The molecular formula is C7H13N2O6+. The van der Waals surface area contributed by atoms with Crippen LogP contribution in [-0.4, -0.2) is 70.2 Å². The fourth-order valence-corrected chi connectivity index (χ4v) is 1.08. The first-order chi connectivity index (χ1) is 6.59. The highest BCUT2D eigenvalue weighted by molar-refractivity contribution is 5.90.